The van der Waals surface area contributed by atoms with Gasteiger partial charge in [-0.15, -0.1) is 15.3 Å². The second kappa shape index (κ2) is 33.4. The van der Waals surface area contributed by atoms with Gasteiger partial charge in [0.25, 0.3) is 16.7 Å². The Morgan fingerprint density at radius 3 is 1.03 bits per heavy atom. The van der Waals surface area contributed by atoms with Crippen LogP contribution in [0.5, 0.6) is 34.9 Å². The number of carbonyl (C=O) groups excluding carboxylic acids is 4. The van der Waals surface area contributed by atoms with Crippen LogP contribution in [0.4, 0.5) is 5.69 Å². The minimum absolute atomic E-state index is 0.0238. The molecule has 6 aromatic rings. The number of hydrogen-bond donors (Lipinski definition) is 3. The third kappa shape index (κ3) is 20.4. The van der Waals surface area contributed by atoms with Crippen LogP contribution in [0.15, 0.2) is 79.2 Å². The van der Waals surface area contributed by atoms with Crippen LogP contribution in [-0.2, 0) is 68.2 Å². The highest BCUT2D eigenvalue weighted by molar-refractivity contribution is 9.19. The summed E-state index contributed by atoms with van der Waals surface area (Å²) in [5.41, 5.74) is 10.4. The summed E-state index contributed by atoms with van der Waals surface area (Å²) in [4.78, 5) is 80.5. The van der Waals surface area contributed by atoms with Crippen molar-refractivity contribution in [1.29, 1.82) is 0 Å². The van der Waals surface area contributed by atoms with Crippen LogP contribution >= 0.6 is 85.5 Å². The van der Waals surface area contributed by atoms with E-state index in [0.717, 1.165) is 0 Å². The lowest BCUT2D eigenvalue weighted by atomic mass is 9.49. The molecular weight excluding hydrogens is 1550 g/mol. The third-order valence-corrected chi connectivity index (χ3v) is 20.3. The van der Waals surface area contributed by atoms with Gasteiger partial charge in [0.1, 0.15) is 5.71 Å². The predicted molar refractivity (Wildman–Crippen MR) is 411 cm³/mol. The van der Waals surface area contributed by atoms with Crippen molar-refractivity contribution in [1.82, 2.24) is 40.2 Å². The standard InChI is InChI=1S/C20H25BCl2N2O4.C18H16Cl2N4O4.C14H15Cl2N3O2.C12H24B2O4.C4H3BrN2O2/c1-11(2)13-10-16(24-25(7)18(13)26)27-17-14(22)8-12(9-15(17)23)21-28-19(3,4)20(5,6)29-21;1-8(2)10-6-15(23-24(3)18(10)27)28-17-11(19)4-9(5-12(17)20)16-13(25)7-14(26)21-22-16;1-7(2)9-6-12(18-19(3)14(9)20)21-13-10(15)4-8(17)5-11(13)16;1-9(2)10(3,4)16-13(15-9)14-17-11(5,6)12(7,8)18-14;5-4-2(8)1-3(9)6-7-4/h8-11H,1-7H3;4-6,8H,7H2,1-3H3,(H,21,26);4-7H,17H2,1-3H3;1-8H3;1H2,(H,6,9). The molecule has 3 saturated heterocycles. The highest BCUT2D eigenvalue weighted by Crippen LogP contribution is 2.45. The summed E-state index contributed by atoms with van der Waals surface area (Å²) < 4.78 is 57.0. The number of nitrogens with zero attached hydrogens (tertiary/aromatic N) is 8. The monoisotopic (exact) mass is 1630 g/mol. The number of Topliss-reactive ketones (excluding diaryl/α,β-unsaturated/α-hetero) is 2. The van der Waals surface area contributed by atoms with E-state index in [4.69, 9.17) is 117 Å². The molecule has 4 N–H and O–H groups in total. The molecule has 2 amide bonds. The van der Waals surface area contributed by atoms with Gasteiger partial charge >= 0.3 is 21.1 Å². The molecule has 0 saturated carbocycles. The van der Waals surface area contributed by atoms with Crippen molar-refractivity contribution < 1.29 is 61.3 Å². The molecule has 37 heteroatoms. The maximum atomic E-state index is 12.2. The molecule has 3 fully saturated rings. The maximum absolute atomic E-state index is 12.2. The van der Waals surface area contributed by atoms with Crippen molar-refractivity contribution in [2.45, 2.75) is 189 Å². The lowest BCUT2D eigenvalue weighted by Gasteiger charge is -2.32. The minimum atomic E-state index is -0.590. The van der Waals surface area contributed by atoms with E-state index in [1.165, 1.54) is 51.4 Å². The number of benzene rings is 3. The van der Waals surface area contributed by atoms with E-state index in [9.17, 15) is 33.6 Å². The summed E-state index contributed by atoms with van der Waals surface area (Å²) in [7, 11) is 3.12. The van der Waals surface area contributed by atoms with Crippen molar-refractivity contribution in [3.63, 3.8) is 0 Å². The number of aryl methyl sites for hydroxylation is 3. The van der Waals surface area contributed by atoms with Crippen LogP contribution in [0.1, 0.15) is 177 Å². The van der Waals surface area contributed by atoms with Crippen LogP contribution in [0.25, 0.3) is 0 Å². The van der Waals surface area contributed by atoms with Crippen molar-refractivity contribution in [2.24, 2.45) is 31.3 Å². The molecular formula is C68H83B3BrCl6N11O16. The van der Waals surface area contributed by atoms with E-state index in [0.29, 0.717) is 43.4 Å². The van der Waals surface area contributed by atoms with E-state index in [1.54, 1.807) is 38.4 Å². The number of nitrogen functional groups attached to an aromatic ring is 1. The number of halogens is 7. The minimum Gasteiger partial charge on any atom is -0.434 e. The normalized spacial score (nSPS) is 18.0. The number of hydrazone groups is 2. The summed E-state index contributed by atoms with van der Waals surface area (Å²) in [6.07, 6.45) is -0.406. The Kier molecular flexibility index (Phi) is 27.2. The van der Waals surface area contributed by atoms with Gasteiger partial charge in [-0.3, -0.25) is 33.6 Å². The second-order valence-electron chi connectivity index (χ2n) is 28.7. The Balaban J connectivity index is 0.000000190. The first-order chi connectivity index (χ1) is 48.4. The maximum Gasteiger partial charge on any atom is 0.494 e. The van der Waals surface area contributed by atoms with Crippen molar-refractivity contribution in [2.75, 3.05) is 5.73 Å². The number of ether oxygens (including phenoxy) is 3. The van der Waals surface area contributed by atoms with Crippen LogP contribution < -0.4 is 52.9 Å². The van der Waals surface area contributed by atoms with E-state index >= 15 is 0 Å². The summed E-state index contributed by atoms with van der Waals surface area (Å²) in [6.45, 7) is 35.6. The van der Waals surface area contributed by atoms with Gasteiger partial charge in [0.05, 0.1) is 76.6 Å². The van der Waals surface area contributed by atoms with E-state index in [2.05, 4.69) is 52.3 Å². The molecule has 564 valence electrons. The Morgan fingerprint density at radius 2 is 0.733 bits per heavy atom. The average molecular weight is 1640 g/mol. The second-order valence-corrected chi connectivity index (χ2v) is 31.9. The highest BCUT2D eigenvalue weighted by Gasteiger charge is 2.64. The van der Waals surface area contributed by atoms with Gasteiger partial charge in [-0.1, -0.05) is 111 Å². The topological polar surface area (TPSA) is 331 Å². The van der Waals surface area contributed by atoms with Crippen LogP contribution in [0.3, 0.4) is 0 Å². The average Bonchev–Trinajstić information content (AvgIpc) is 1.61. The molecule has 105 heavy (non-hydrogen) atoms. The Hall–Kier alpha value is -6.71. The molecule has 8 heterocycles. The molecule has 5 aliphatic rings. The van der Waals surface area contributed by atoms with Gasteiger partial charge in [-0.05, 0) is 159 Å². The molecule has 3 aromatic heterocycles. The zero-order valence-electron chi connectivity index (χ0n) is 61.9. The van der Waals surface area contributed by atoms with Crippen LogP contribution in [-0.4, -0.2) is 118 Å². The molecule has 0 radical (unpaired) electrons. The summed E-state index contributed by atoms with van der Waals surface area (Å²) >= 11 is 40.5. The first-order valence-corrected chi connectivity index (χ1v) is 36.0. The van der Waals surface area contributed by atoms with Gasteiger partial charge in [0.15, 0.2) is 33.4 Å². The number of aromatic nitrogens is 6. The molecule has 0 spiro atoms. The molecule has 0 aliphatic carbocycles. The van der Waals surface area contributed by atoms with Crippen LogP contribution in [0, 0.1) is 0 Å². The lowest BCUT2D eigenvalue weighted by molar-refractivity contribution is -0.127. The van der Waals surface area contributed by atoms with Crippen molar-refractivity contribution in [3.8, 4) is 34.9 Å². The molecule has 0 bridgehead atoms. The predicted octanol–water partition coefficient (Wildman–Crippen LogP) is 12.7. The number of carbonyl (C=O) groups is 4. The number of nitrogens with one attached hydrogen (secondary N) is 2. The Morgan fingerprint density at radius 1 is 0.448 bits per heavy atom. The zero-order valence-corrected chi connectivity index (χ0v) is 68.0. The fourth-order valence-electron chi connectivity index (χ4n) is 9.89. The summed E-state index contributed by atoms with van der Waals surface area (Å²) in [6, 6.07) is 14.1. The first-order valence-electron chi connectivity index (χ1n) is 32.9. The van der Waals surface area contributed by atoms with Crippen molar-refractivity contribution >= 4 is 152 Å². The fourth-order valence-corrected chi connectivity index (χ4v) is 11.8. The van der Waals surface area contributed by atoms with Gasteiger partial charge in [0.2, 0.25) is 29.5 Å². The van der Waals surface area contributed by atoms with E-state index < -0.39 is 44.0 Å². The zero-order chi connectivity index (χ0) is 78.9. The van der Waals surface area contributed by atoms with Gasteiger partial charge in [0, 0.05) is 67.3 Å². The molecule has 3 aromatic carbocycles. The number of nitrogens with two attached hydrogens (primary N) is 1. The SMILES string of the molecule is CC(C)c1cc(Oc2c(Cl)cc(B3OC(C)(C)C(C)(C)O3)cc2Cl)nn(C)c1=O.CC(C)c1cc(Oc2c(Cl)cc(C3=NNC(=O)CC3=O)cc2Cl)nn(C)c1=O.CC(C)c1cc(Oc2c(Cl)cc(N)cc2Cl)nn(C)c1=O.CC1(C)OB(B2OC(C)(C)C(C)(C)O2)OC1(C)C.O=C1CC(=O)C(Br)=NN1. The van der Waals surface area contributed by atoms with Gasteiger partial charge in [-0.25, -0.2) is 24.9 Å². The number of rotatable bonds is 12. The lowest BCUT2D eigenvalue weighted by Crippen LogP contribution is -2.41. The Labute approximate surface area is 647 Å². The van der Waals surface area contributed by atoms with Crippen LogP contribution in [0.2, 0.25) is 30.1 Å². The highest BCUT2D eigenvalue weighted by atomic mass is 79.9. The number of amides is 2. The smallest absolute Gasteiger partial charge is 0.434 e. The molecule has 5 aliphatic heterocycles. The van der Waals surface area contributed by atoms with E-state index in [-0.39, 0.29) is 147 Å². The van der Waals surface area contributed by atoms with Crippen molar-refractivity contribution in [3.05, 3.63) is 138 Å². The molecule has 11 rings (SSSR count). The molecule has 27 nitrogen and oxygen atoms in total. The largest absolute Gasteiger partial charge is 0.494 e. The third-order valence-electron chi connectivity index (χ3n) is 18.0. The number of hydrogen-bond acceptors (Lipinski definition) is 22. The number of anilines is 1. The number of ketones is 2. The van der Waals surface area contributed by atoms with E-state index in [1.807, 2.05) is 125 Å². The quantitative estimate of drug-likeness (QED) is 0.0582. The Bertz CT molecular complexity index is 4480. The summed E-state index contributed by atoms with van der Waals surface area (Å²) in [5.74, 6) is -0.229. The first kappa shape index (κ1) is 85.5. The van der Waals surface area contributed by atoms with Gasteiger partial charge < -0.3 is 47.9 Å². The fraction of sp³-hybridized carbons (Fsp3) is 0.471. The van der Waals surface area contributed by atoms with Gasteiger partial charge in [-0.2, -0.15) is 10.2 Å². The summed E-state index contributed by atoms with van der Waals surface area (Å²) in [5, 5.41) is 20.8. The molecule has 0 atom stereocenters. The molecule has 0 unspecified atom stereocenters.